The zero-order valence-corrected chi connectivity index (χ0v) is 30.5. The summed E-state index contributed by atoms with van der Waals surface area (Å²) in [7, 11) is 0. The fourth-order valence-electron chi connectivity index (χ4n) is 6.65. The molecule has 0 unspecified atom stereocenters. The van der Waals surface area contributed by atoms with E-state index < -0.39 is 0 Å². The Morgan fingerprint density at radius 3 is 0.839 bits per heavy atom. The van der Waals surface area contributed by atoms with Crippen molar-refractivity contribution in [3.8, 4) is 68.0 Å². The number of para-hydroxylation sites is 2. The maximum absolute atomic E-state index is 6.33. The third kappa shape index (κ3) is 7.81. The molecule has 0 spiro atoms. The number of ether oxygens (including phenoxy) is 2. The lowest BCUT2D eigenvalue weighted by Crippen LogP contribution is -2.29. The van der Waals surface area contributed by atoms with Crippen LogP contribution in [-0.4, -0.2) is 0 Å². The van der Waals surface area contributed by atoms with Gasteiger partial charge in [-0.25, -0.2) is 0 Å². The van der Waals surface area contributed by atoms with Gasteiger partial charge in [0, 0.05) is 91.0 Å². The summed E-state index contributed by atoms with van der Waals surface area (Å²) in [6, 6.07) is 61.6. The van der Waals surface area contributed by atoms with Gasteiger partial charge in [0.15, 0.2) is 49.6 Å². The Morgan fingerprint density at radius 1 is 0.232 bits per heavy atom. The molecule has 56 heavy (non-hydrogen) atoms. The minimum absolute atomic E-state index is 0.688. The van der Waals surface area contributed by atoms with Crippen molar-refractivity contribution in [3.63, 3.8) is 0 Å². The van der Waals surface area contributed by atoms with Crippen LogP contribution < -0.4 is 27.7 Å². The van der Waals surface area contributed by atoms with Crippen molar-refractivity contribution in [2.24, 2.45) is 0 Å². The molecule has 0 saturated heterocycles. The molecule has 4 heterocycles. The van der Waals surface area contributed by atoms with E-state index >= 15 is 0 Å². The number of rotatable bonds is 10. The van der Waals surface area contributed by atoms with E-state index in [1.807, 2.05) is 97.1 Å². The number of hydrogen-bond acceptors (Lipinski definition) is 2. The maximum Gasteiger partial charge on any atom is 0.214 e. The quantitative estimate of drug-likeness (QED) is 0.132. The van der Waals surface area contributed by atoms with E-state index in [9.17, 15) is 0 Å². The SMILES string of the molecule is c1ccc(-[n+]2ccc(-c3cc[n+](-c4cccc(Oc5cccc(Oc6cccc(-[n+]7ccc(-c8cc[n+](-c9ccccc9)cc8)cc7)c6)c5)c4)cc3)cc2)cc1. The van der Waals surface area contributed by atoms with Crippen molar-refractivity contribution in [3.05, 3.63) is 232 Å². The first kappa shape index (κ1) is 34.1. The molecular weight excluding hydrogens is 689 g/mol. The molecule has 5 aromatic carbocycles. The normalized spacial score (nSPS) is 10.9. The van der Waals surface area contributed by atoms with Crippen molar-refractivity contribution in [1.29, 1.82) is 0 Å². The molecule has 6 nitrogen and oxygen atoms in total. The van der Waals surface area contributed by atoms with Crippen LogP contribution in [0.2, 0.25) is 0 Å². The summed E-state index contributed by atoms with van der Waals surface area (Å²) >= 11 is 0. The third-order valence-corrected chi connectivity index (χ3v) is 9.60. The lowest BCUT2D eigenvalue weighted by molar-refractivity contribution is -0.596. The molecule has 0 amide bonds. The Balaban J connectivity index is 0.846. The van der Waals surface area contributed by atoms with Gasteiger partial charge in [0.2, 0.25) is 22.7 Å². The lowest BCUT2D eigenvalue weighted by atomic mass is 10.1. The Morgan fingerprint density at radius 2 is 0.500 bits per heavy atom. The van der Waals surface area contributed by atoms with Gasteiger partial charge >= 0.3 is 0 Å². The molecule has 0 N–H and O–H groups in total. The Labute approximate surface area is 326 Å². The molecule has 0 aliphatic carbocycles. The van der Waals surface area contributed by atoms with E-state index in [0.29, 0.717) is 11.5 Å². The highest BCUT2D eigenvalue weighted by atomic mass is 16.5. The number of benzene rings is 5. The Kier molecular flexibility index (Phi) is 9.57. The minimum Gasteiger partial charge on any atom is -0.457 e. The van der Waals surface area contributed by atoms with Crippen LogP contribution in [0.5, 0.6) is 23.0 Å². The molecule has 6 heteroatoms. The fraction of sp³-hybridized carbons (Fsp3) is 0. The summed E-state index contributed by atoms with van der Waals surface area (Å²) in [5.41, 5.74) is 8.87. The van der Waals surface area contributed by atoms with Gasteiger partial charge in [0.25, 0.3) is 0 Å². The molecule has 0 aliphatic heterocycles. The zero-order chi connectivity index (χ0) is 37.5. The topological polar surface area (TPSA) is 34.0 Å². The van der Waals surface area contributed by atoms with Crippen LogP contribution >= 0.6 is 0 Å². The highest BCUT2D eigenvalue weighted by Gasteiger charge is 2.13. The molecule has 9 rings (SSSR count). The molecule has 0 saturated carbocycles. The molecule has 4 aromatic heterocycles. The van der Waals surface area contributed by atoms with Crippen LogP contribution in [0, 0.1) is 0 Å². The Hall–Kier alpha value is -7.70. The van der Waals surface area contributed by atoms with Gasteiger partial charge in [-0.05, 0) is 46.5 Å². The second-order valence-electron chi connectivity index (χ2n) is 13.3. The van der Waals surface area contributed by atoms with Gasteiger partial charge in [-0.1, -0.05) is 54.6 Å². The predicted octanol–water partition coefficient (Wildman–Crippen LogP) is 9.71. The van der Waals surface area contributed by atoms with E-state index in [0.717, 1.165) is 56.5 Å². The van der Waals surface area contributed by atoms with Crippen molar-refractivity contribution in [1.82, 2.24) is 0 Å². The van der Waals surface area contributed by atoms with Crippen LogP contribution in [0.1, 0.15) is 0 Å². The zero-order valence-electron chi connectivity index (χ0n) is 30.5. The number of nitrogens with zero attached hydrogens (tertiary/aromatic N) is 4. The molecule has 266 valence electrons. The highest BCUT2D eigenvalue weighted by Crippen LogP contribution is 2.29. The second-order valence-corrected chi connectivity index (χ2v) is 13.3. The smallest absolute Gasteiger partial charge is 0.214 e. The lowest BCUT2D eigenvalue weighted by Gasteiger charge is -2.10. The van der Waals surface area contributed by atoms with Gasteiger partial charge in [-0.2, -0.15) is 18.3 Å². The van der Waals surface area contributed by atoms with Crippen molar-refractivity contribution < 1.29 is 27.7 Å². The van der Waals surface area contributed by atoms with Crippen LogP contribution in [0.3, 0.4) is 0 Å². The minimum atomic E-state index is 0.688. The van der Waals surface area contributed by atoms with Crippen LogP contribution in [-0.2, 0) is 0 Å². The van der Waals surface area contributed by atoms with Gasteiger partial charge < -0.3 is 9.47 Å². The van der Waals surface area contributed by atoms with Gasteiger partial charge in [0.1, 0.15) is 23.0 Å². The monoisotopic (exact) mass is 726 g/mol. The fourth-order valence-corrected chi connectivity index (χ4v) is 6.65. The summed E-state index contributed by atoms with van der Waals surface area (Å²) in [5.74, 6) is 2.84. The first-order valence-corrected chi connectivity index (χ1v) is 18.5. The van der Waals surface area contributed by atoms with Gasteiger partial charge in [-0.3, -0.25) is 0 Å². The van der Waals surface area contributed by atoms with Crippen molar-refractivity contribution in [2.45, 2.75) is 0 Å². The van der Waals surface area contributed by atoms with E-state index in [4.69, 9.17) is 9.47 Å². The first-order chi connectivity index (χ1) is 27.7. The van der Waals surface area contributed by atoms with Crippen molar-refractivity contribution >= 4 is 0 Å². The summed E-state index contributed by atoms with van der Waals surface area (Å²) < 4.78 is 21.1. The molecular formula is C50H38N4O2+4. The average Bonchev–Trinajstić information content (AvgIpc) is 3.28. The first-order valence-electron chi connectivity index (χ1n) is 18.5. The average molecular weight is 727 g/mol. The maximum atomic E-state index is 6.33. The molecule has 0 aliphatic rings. The second kappa shape index (κ2) is 15.7. The summed E-state index contributed by atoms with van der Waals surface area (Å²) in [4.78, 5) is 0. The van der Waals surface area contributed by atoms with Crippen LogP contribution in [0.15, 0.2) is 232 Å². The molecule has 9 aromatic rings. The number of aromatic nitrogens is 4. The molecule has 0 fully saturated rings. The van der Waals surface area contributed by atoms with Gasteiger partial charge in [0.05, 0.1) is 12.1 Å². The largest absolute Gasteiger partial charge is 0.457 e. The molecule has 0 radical (unpaired) electrons. The Bertz CT molecular complexity index is 2510. The van der Waals surface area contributed by atoms with Crippen LogP contribution in [0.4, 0.5) is 0 Å². The predicted molar refractivity (Wildman–Crippen MR) is 216 cm³/mol. The molecule has 0 bridgehead atoms. The number of pyridine rings is 4. The summed E-state index contributed by atoms with van der Waals surface area (Å²) in [6.07, 6.45) is 16.7. The van der Waals surface area contributed by atoms with Crippen LogP contribution in [0.25, 0.3) is 45.0 Å². The van der Waals surface area contributed by atoms with E-state index in [1.165, 1.54) is 0 Å². The van der Waals surface area contributed by atoms with E-state index in [-0.39, 0.29) is 0 Å². The van der Waals surface area contributed by atoms with Gasteiger partial charge in [-0.15, -0.1) is 0 Å². The molecule has 0 atom stereocenters. The van der Waals surface area contributed by atoms with Crippen molar-refractivity contribution in [2.75, 3.05) is 0 Å². The van der Waals surface area contributed by atoms with E-state index in [1.54, 1.807) is 0 Å². The summed E-state index contributed by atoms with van der Waals surface area (Å²) in [5, 5.41) is 0. The highest BCUT2D eigenvalue weighted by molar-refractivity contribution is 5.62. The standard InChI is InChI=1S/C50H38N4O2/c1-3-10-43(11-4-1)51-28-20-39(21-29-51)41-24-32-53(33-25-41)45-14-7-16-47(36-45)55-49-18-9-19-50(38-49)56-48-17-8-15-46(37-48)54-34-26-42(27-35-54)40-22-30-52(31-23-40)44-12-5-2-6-13-44/h1-38H/q+4. The van der Waals surface area contributed by atoms with E-state index in [2.05, 4.69) is 153 Å². The summed E-state index contributed by atoms with van der Waals surface area (Å²) in [6.45, 7) is 0. The third-order valence-electron chi connectivity index (χ3n) is 9.60. The number of hydrogen-bond donors (Lipinski definition) is 0.